The van der Waals surface area contributed by atoms with E-state index < -0.39 is 8.60 Å². The van der Waals surface area contributed by atoms with Crippen LogP contribution in [0.3, 0.4) is 0 Å². The number of rotatable bonds is 5. The second-order valence-corrected chi connectivity index (χ2v) is 9.37. The number of benzene rings is 5. The first-order chi connectivity index (χ1) is 16.1. The van der Waals surface area contributed by atoms with E-state index >= 15 is 0 Å². The van der Waals surface area contributed by atoms with Gasteiger partial charge in [0.25, 0.3) is 0 Å². The lowest BCUT2D eigenvalue weighted by molar-refractivity contribution is 0.245. The lowest BCUT2D eigenvalue weighted by atomic mass is 9.84. The molecule has 5 heteroatoms. The van der Waals surface area contributed by atoms with Crippen LogP contribution in [0.5, 0.6) is 0 Å². The minimum Gasteiger partial charge on any atom is -0.392 e. The SMILES string of the molecule is OCc1cc(COP(O)O)cc(-c2ccc3c4c5c(cccc5c5cccc2c35)=CCC4)c1. The highest BCUT2D eigenvalue weighted by Crippen LogP contribution is 2.41. The molecular formula is C28H23O4P. The van der Waals surface area contributed by atoms with Gasteiger partial charge in [0.15, 0.2) is 0 Å². The Hall–Kier alpha value is -2.85. The van der Waals surface area contributed by atoms with Crippen molar-refractivity contribution >= 4 is 47.0 Å². The van der Waals surface area contributed by atoms with Crippen molar-refractivity contribution in [1.29, 1.82) is 0 Å². The summed E-state index contributed by atoms with van der Waals surface area (Å²) in [6, 6.07) is 23.3. The number of hydrogen-bond donors (Lipinski definition) is 3. The summed E-state index contributed by atoms with van der Waals surface area (Å²) in [6.07, 6.45) is 4.44. The first kappa shape index (κ1) is 20.7. The Labute approximate surface area is 192 Å². The quantitative estimate of drug-likeness (QED) is 0.187. The summed E-state index contributed by atoms with van der Waals surface area (Å²) >= 11 is 0. The Balaban J connectivity index is 1.65. The van der Waals surface area contributed by atoms with Gasteiger partial charge < -0.3 is 19.4 Å². The van der Waals surface area contributed by atoms with E-state index in [9.17, 15) is 5.11 Å². The third-order valence-electron chi connectivity index (χ3n) is 6.71. The first-order valence-corrected chi connectivity index (χ1v) is 12.2. The van der Waals surface area contributed by atoms with Crippen molar-refractivity contribution in [2.75, 3.05) is 0 Å². The molecule has 0 amide bonds. The van der Waals surface area contributed by atoms with Gasteiger partial charge >= 0.3 is 8.60 Å². The molecule has 0 unspecified atom stereocenters. The summed E-state index contributed by atoms with van der Waals surface area (Å²) in [4.78, 5) is 18.3. The molecule has 1 aliphatic carbocycles. The molecule has 0 saturated heterocycles. The van der Waals surface area contributed by atoms with E-state index in [0.717, 1.165) is 35.1 Å². The average molecular weight is 454 g/mol. The number of fused-ring (bicyclic) bond motifs is 2. The largest absolute Gasteiger partial charge is 0.392 e. The van der Waals surface area contributed by atoms with Crippen molar-refractivity contribution in [2.24, 2.45) is 0 Å². The summed E-state index contributed by atoms with van der Waals surface area (Å²) in [6.45, 7) is -0.0227. The van der Waals surface area contributed by atoms with Crippen LogP contribution in [0.25, 0.3) is 49.5 Å². The minimum atomic E-state index is -2.43. The zero-order chi connectivity index (χ0) is 22.5. The fraction of sp³-hybridized carbons (Fsp3) is 0.143. The highest BCUT2D eigenvalue weighted by atomic mass is 31.2. The Morgan fingerprint density at radius 2 is 1.55 bits per heavy atom. The number of aliphatic hydroxyl groups is 1. The molecule has 6 rings (SSSR count). The van der Waals surface area contributed by atoms with Crippen molar-refractivity contribution in [1.82, 2.24) is 0 Å². The summed E-state index contributed by atoms with van der Waals surface area (Å²) in [7, 11) is -2.43. The second kappa shape index (κ2) is 8.18. The highest BCUT2D eigenvalue weighted by Gasteiger charge is 2.18. The maximum atomic E-state index is 9.83. The average Bonchev–Trinajstić information content (AvgIpc) is 2.85. The van der Waals surface area contributed by atoms with E-state index in [1.165, 1.54) is 43.1 Å². The molecule has 1 aliphatic rings. The summed E-state index contributed by atoms with van der Waals surface area (Å²) < 4.78 is 5.04. The molecule has 0 fully saturated rings. The predicted molar refractivity (Wildman–Crippen MR) is 134 cm³/mol. The van der Waals surface area contributed by atoms with Gasteiger partial charge in [-0.05, 0) is 90.3 Å². The van der Waals surface area contributed by atoms with E-state index in [1.54, 1.807) is 0 Å². The molecule has 0 radical (unpaired) electrons. The van der Waals surface area contributed by atoms with Crippen LogP contribution in [0, 0.1) is 0 Å². The van der Waals surface area contributed by atoms with Crippen molar-refractivity contribution in [3.05, 3.63) is 88.6 Å². The van der Waals surface area contributed by atoms with E-state index in [1.807, 2.05) is 18.2 Å². The van der Waals surface area contributed by atoms with Crippen LogP contribution < -0.4 is 5.22 Å². The predicted octanol–water partition coefficient (Wildman–Crippen LogP) is 5.48. The molecule has 3 N–H and O–H groups in total. The zero-order valence-electron chi connectivity index (χ0n) is 18.0. The maximum absolute atomic E-state index is 9.83. The Morgan fingerprint density at radius 1 is 0.788 bits per heavy atom. The number of hydrogen-bond acceptors (Lipinski definition) is 4. The minimum absolute atomic E-state index is 0.0748. The Kier molecular flexibility index (Phi) is 5.14. The molecule has 0 atom stereocenters. The molecule has 0 bridgehead atoms. The standard InChI is InChI=1S/C28H23O4P/c29-15-17-12-18(16-32-33(30)31)14-20(13-17)21-10-11-26-24-7-2-5-19-4-1-6-23(27(19)24)25-9-3-8-22(21)28(25)26/h1,3-6,8-14,29-31H,2,7,15-16H2. The van der Waals surface area contributed by atoms with Crippen LogP contribution in [0.15, 0.2) is 66.7 Å². The van der Waals surface area contributed by atoms with E-state index in [-0.39, 0.29) is 13.2 Å². The van der Waals surface area contributed by atoms with Crippen molar-refractivity contribution in [3.8, 4) is 11.1 Å². The molecule has 4 nitrogen and oxygen atoms in total. The number of aliphatic hydroxyl groups excluding tert-OH is 1. The molecule has 0 spiro atoms. The van der Waals surface area contributed by atoms with Gasteiger partial charge in [0, 0.05) is 0 Å². The van der Waals surface area contributed by atoms with Crippen molar-refractivity contribution in [3.63, 3.8) is 0 Å². The van der Waals surface area contributed by atoms with E-state index in [0.29, 0.717) is 0 Å². The summed E-state index contributed by atoms with van der Waals surface area (Å²) in [5.74, 6) is 0. The van der Waals surface area contributed by atoms with Gasteiger partial charge in [0.2, 0.25) is 0 Å². The fourth-order valence-electron chi connectivity index (χ4n) is 5.43. The topological polar surface area (TPSA) is 69.9 Å². The molecule has 5 aromatic carbocycles. The van der Waals surface area contributed by atoms with Crippen LogP contribution >= 0.6 is 8.60 Å². The van der Waals surface area contributed by atoms with E-state index in [2.05, 4.69) is 54.6 Å². The second-order valence-electron chi connectivity index (χ2n) is 8.60. The molecule has 33 heavy (non-hydrogen) atoms. The summed E-state index contributed by atoms with van der Waals surface area (Å²) in [5, 5.41) is 18.8. The molecule has 164 valence electrons. The third-order valence-corrected chi connectivity index (χ3v) is 7.07. The van der Waals surface area contributed by atoms with Crippen molar-refractivity contribution < 1.29 is 19.4 Å². The lowest BCUT2D eigenvalue weighted by Gasteiger charge is -2.20. The van der Waals surface area contributed by atoms with Gasteiger partial charge in [-0.15, -0.1) is 0 Å². The molecule has 5 aromatic rings. The lowest BCUT2D eigenvalue weighted by Crippen LogP contribution is -2.10. The van der Waals surface area contributed by atoms with Gasteiger partial charge in [0.05, 0.1) is 13.2 Å². The Morgan fingerprint density at radius 3 is 2.36 bits per heavy atom. The van der Waals surface area contributed by atoms with E-state index in [4.69, 9.17) is 14.3 Å². The van der Waals surface area contributed by atoms with Crippen LogP contribution in [-0.2, 0) is 24.2 Å². The van der Waals surface area contributed by atoms with Crippen molar-refractivity contribution in [2.45, 2.75) is 26.1 Å². The fourth-order valence-corrected chi connectivity index (χ4v) is 5.69. The molecule has 0 heterocycles. The molecule has 0 aliphatic heterocycles. The van der Waals surface area contributed by atoms with Gasteiger partial charge in [-0.25, -0.2) is 0 Å². The van der Waals surface area contributed by atoms with Gasteiger partial charge in [-0.2, -0.15) is 0 Å². The van der Waals surface area contributed by atoms with Crippen LogP contribution in [-0.4, -0.2) is 14.9 Å². The summed E-state index contributed by atoms with van der Waals surface area (Å²) in [5.41, 5.74) is 5.05. The van der Waals surface area contributed by atoms with Crippen LogP contribution in [0.1, 0.15) is 23.1 Å². The Bertz CT molecular complexity index is 1590. The third kappa shape index (κ3) is 3.43. The monoisotopic (exact) mass is 454 g/mol. The maximum Gasteiger partial charge on any atom is 0.327 e. The molecule has 0 saturated carbocycles. The normalized spacial score (nSPS) is 13.3. The number of aryl methyl sites for hydroxylation is 1. The van der Waals surface area contributed by atoms with Gasteiger partial charge in [-0.1, -0.05) is 60.7 Å². The van der Waals surface area contributed by atoms with Crippen LogP contribution in [0.4, 0.5) is 0 Å². The smallest absolute Gasteiger partial charge is 0.327 e. The zero-order valence-corrected chi connectivity index (χ0v) is 18.8. The molecular weight excluding hydrogens is 431 g/mol. The van der Waals surface area contributed by atoms with Crippen LogP contribution in [0.2, 0.25) is 0 Å². The highest BCUT2D eigenvalue weighted by molar-refractivity contribution is 7.39. The molecule has 0 aromatic heterocycles. The van der Waals surface area contributed by atoms with Gasteiger partial charge in [0.1, 0.15) is 0 Å². The van der Waals surface area contributed by atoms with Gasteiger partial charge in [-0.3, -0.25) is 0 Å². The first-order valence-electron chi connectivity index (χ1n) is 11.1.